The van der Waals surface area contributed by atoms with Crippen molar-refractivity contribution in [1.29, 1.82) is 0 Å². The molecule has 3 aliphatic heterocycles. The van der Waals surface area contributed by atoms with E-state index in [4.69, 9.17) is 5.73 Å². The Balaban J connectivity index is 1.34. The molecule has 3 aliphatic rings. The summed E-state index contributed by atoms with van der Waals surface area (Å²) in [7, 11) is 0. The summed E-state index contributed by atoms with van der Waals surface area (Å²) in [4.78, 5) is 47.8. The molecule has 0 spiro atoms. The molecule has 1 saturated heterocycles. The van der Waals surface area contributed by atoms with E-state index in [9.17, 15) is 14.4 Å². The highest BCUT2D eigenvalue weighted by molar-refractivity contribution is 6.49. The van der Waals surface area contributed by atoms with Gasteiger partial charge < -0.3 is 20.1 Å². The number of imidazole rings is 1. The lowest BCUT2D eigenvalue weighted by molar-refractivity contribution is -0.122. The van der Waals surface area contributed by atoms with Crippen LogP contribution < -0.4 is 11.1 Å². The summed E-state index contributed by atoms with van der Waals surface area (Å²) < 4.78 is 18.8. The molecule has 3 N–H and O–H groups in total. The number of aromatic nitrogens is 3. The lowest BCUT2D eigenvalue weighted by atomic mass is 9.98. The van der Waals surface area contributed by atoms with E-state index in [1.54, 1.807) is 27.9 Å². The molecule has 4 aromatic rings. The number of nitrogens with two attached hydrogens (primary N) is 1. The first kappa shape index (κ1) is 24.5. The van der Waals surface area contributed by atoms with Crippen LogP contribution in [0.15, 0.2) is 48.9 Å². The fourth-order valence-electron chi connectivity index (χ4n) is 6.53. The van der Waals surface area contributed by atoms with Gasteiger partial charge in [0.2, 0.25) is 0 Å². The quantitative estimate of drug-likeness (QED) is 0.387. The minimum Gasteiger partial charge on any atom is -0.345 e. The molecule has 10 nitrogen and oxygen atoms in total. The van der Waals surface area contributed by atoms with Crippen LogP contribution in [0.3, 0.4) is 0 Å². The fourth-order valence-corrected chi connectivity index (χ4v) is 6.53. The second-order valence-electron chi connectivity index (χ2n) is 10.9. The van der Waals surface area contributed by atoms with Crippen molar-refractivity contribution >= 4 is 45.5 Å². The van der Waals surface area contributed by atoms with Crippen molar-refractivity contribution in [3.05, 3.63) is 71.6 Å². The number of benzene rings is 1. The predicted octanol–water partition coefficient (Wildman–Crippen LogP) is 2.60. The third-order valence-corrected chi connectivity index (χ3v) is 8.27. The van der Waals surface area contributed by atoms with E-state index in [1.165, 1.54) is 12.1 Å². The van der Waals surface area contributed by atoms with Gasteiger partial charge in [-0.05, 0) is 42.2 Å². The van der Waals surface area contributed by atoms with Crippen molar-refractivity contribution in [3.63, 3.8) is 0 Å². The molecule has 0 bridgehead atoms. The van der Waals surface area contributed by atoms with Crippen LogP contribution in [-0.4, -0.2) is 67.3 Å². The molecule has 40 heavy (non-hydrogen) atoms. The van der Waals surface area contributed by atoms with Gasteiger partial charge in [0.1, 0.15) is 11.5 Å². The van der Waals surface area contributed by atoms with Crippen molar-refractivity contribution in [1.82, 2.24) is 29.1 Å². The number of halogens is 1. The number of carbonyl (C=O) groups is 3. The van der Waals surface area contributed by atoms with Crippen molar-refractivity contribution in [2.45, 2.75) is 32.5 Å². The van der Waals surface area contributed by atoms with Crippen LogP contribution in [-0.2, 0) is 22.7 Å². The molecule has 0 unspecified atom stereocenters. The summed E-state index contributed by atoms with van der Waals surface area (Å²) in [5.41, 5.74) is 9.30. The number of nitrogens with zero attached hydrogens (tertiary/aromatic N) is 5. The Morgan fingerprint density at radius 3 is 2.83 bits per heavy atom. The van der Waals surface area contributed by atoms with Gasteiger partial charge in [-0.25, -0.2) is 14.2 Å². The van der Waals surface area contributed by atoms with Gasteiger partial charge in [-0.2, -0.15) is 0 Å². The summed E-state index contributed by atoms with van der Waals surface area (Å²) in [5, 5.41) is 2.94. The van der Waals surface area contributed by atoms with Gasteiger partial charge >= 0.3 is 6.03 Å². The van der Waals surface area contributed by atoms with E-state index in [-0.39, 0.29) is 29.8 Å². The molecule has 0 saturated carbocycles. The number of hydrogen-bond acceptors (Lipinski definition) is 5. The Kier molecular flexibility index (Phi) is 5.53. The first-order chi connectivity index (χ1) is 19.3. The molecule has 11 heteroatoms. The lowest BCUT2D eigenvalue weighted by Crippen LogP contribution is -2.47. The second-order valence-corrected chi connectivity index (χ2v) is 10.9. The van der Waals surface area contributed by atoms with Crippen LogP contribution in [0.1, 0.15) is 30.2 Å². The Hall–Kier alpha value is -4.51. The number of carbonyl (C=O) groups excluding carboxylic acids is 3. The topological polar surface area (TPSA) is 118 Å². The van der Waals surface area contributed by atoms with E-state index < -0.39 is 17.6 Å². The molecule has 1 aromatic carbocycles. The molecule has 7 rings (SSSR count). The predicted molar refractivity (Wildman–Crippen MR) is 146 cm³/mol. The van der Waals surface area contributed by atoms with Crippen LogP contribution in [0.5, 0.6) is 0 Å². The minimum atomic E-state index is -0.541. The number of pyridine rings is 1. The third-order valence-electron chi connectivity index (χ3n) is 8.27. The maximum absolute atomic E-state index is 15.1. The molecule has 6 heterocycles. The Morgan fingerprint density at radius 2 is 2.00 bits per heavy atom. The van der Waals surface area contributed by atoms with Gasteiger partial charge in [0.05, 0.1) is 28.6 Å². The zero-order valence-corrected chi connectivity index (χ0v) is 21.9. The number of urea groups is 1. The zero-order chi connectivity index (χ0) is 27.7. The first-order valence-corrected chi connectivity index (χ1v) is 13.4. The average molecular weight is 542 g/mol. The molecule has 0 radical (unpaired) electrons. The van der Waals surface area contributed by atoms with Gasteiger partial charge in [0.25, 0.3) is 11.8 Å². The smallest absolute Gasteiger partial charge is 0.320 e. The standard InChI is InChI=1S/C29H28FN7O3/c1-16-8-19(11-31)37(13-16)29(40)35-7-6-34-15-21(20-10-18(30)9-17(14-35)26(20)34)24-25(28(39)33-27(24)38)22-12-32-23-4-2-3-5-36(22)23/h2-5,9-10,12,15-16,19H,6-8,11,13-14,31H2,1H3,(H,33,38,39)/t16-,19+/m0/s1. The molecule has 2 atom stereocenters. The summed E-state index contributed by atoms with van der Waals surface area (Å²) in [5.74, 6) is -1.17. The van der Waals surface area contributed by atoms with E-state index in [0.29, 0.717) is 60.0 Å². The van der Waals surface area contributed by atoms with Crippen molar-refractivity contribution < 1.29 is 18.8 Å². The van der Waals surface area contributed by atoms with Crippen LogP contribution in [0.25, 0.3) is 27.7 Å². The van der Waals surface area contributed by atoms with E-state index >= 15 is 4.39 Å². The summed E-state index contributed by atoms with van der Waals surface area (Å²) in [6.45, 7) is 4.25. The van der Waals surface area contributed by atoms with E-state index in [1.807, 2.05) is 27.7 Å². The number of fused-ring (bicyclic) bond motifs is 1. The first-order valence-electron chi connectivity index (χ1n) is 13.4. The van der Waals surface area contributed by atoms with E-state index in [2.05, 4.69) is 17.2 Å². The summed E-state index contributed by atoms with van der Waals surface area (Å²) in [6, 6.07) is 8.20. The normalized spacial score (nSPS) is 21.2. The van der Waals surface area contributed by atoms with Crippen molar-refractivity contribution in [2.24, 2.45) is 11.7 Å². The molecular weight excluding hydrogens is 513 g/mol. The van der Waals surface area contributed by atoms with Gasteiger partial charge in [-0.1, -0.05) is 13.0 Å². The number of likely N-dealkylation sites (tertiary alicyclic amines) is 1. The van der Waals surface area contributed by atoms with Gasteiger partial charge in [-0.3, -0.25) is 19.3 Å². The highest BCUT2D eigenvalue weighted by atomic mass is 19.1. The largest absolute Gasteiger partial charge is 0.345 e. The third kappa shape index (κ3) is 3.64. The lowest BCUT2D eigenvalue weighted by Gasteiger charge is -2.31. The number of rotatable bonds is 3. The van der Waals surface area contributed by atoms with Gasteiger partial charge in [0, 0.05) is 62.1 Å². The number of imide groups is 1. The van der Waals surface area contributed by atoms with Crippen molar-refractivity contribution in [2.75, 3.05) is 19.6 Å². The van der Waals surface area contributed by atoms with Gasteiger partial charge in [-0.15, -0.1) is 0 Å². The maximum Gasteiger partial charge on any atom is 0.320 e. The monoisotopic (exact) mass is 541 g/mol. The Morgan fingerprint density at radius 1 is 1.18 bits per heavy atom. The minimum absolute atomic E-state index is 0.00722. The molecule has 1 fully saturated rings. The summed E-state index contributed by atoms with van der Waals surface area (Å²) in [6.07, 6.45) is 6.00. The zero-order valence-electron chi connectivity index (χ0n) is 21.9. The fraction of sp³-hybridized carbons (Fsp3) is 0.310. The van der Waals surface area contributed by atoms with Gasteiger partial charge in [0.15, 0.2) is 0 Å². The van der Waals surface area contributed by atoms with Crippen LogP contribution in [0.4, 0.5) is 9.18 Å². The Bertz CT molecular complexity index is 1770. The molecule has 0 aliphatic carbocycles. The van der Waals surface area contributed by atoms with Crippen molar-refractivity contribution in [3.8, 4) is 0 Å². The van der Waals surface area contributed by atoms with Crippen LogP contribution >= 0.6 is 0 Å². The van der Waals surface area contributed by atoms with E-state index in [0.717, 1.165) is 11.9 Å². The summed E-state index contributed by atoms with van der Waals surface area (Å²) >= 11 is 0. The number of amides is 4. The maximum atomic E-state index is 15.1. The highest BCUT2D eigenvalue weighted by Crippen LogP contribution is 2.39. The molecule has 204 valence electrons. The van der Waals surface area contributed by atoms with Crippen LogP contribution in [0, 0.1) is 11.7 Å². The SMILES string of the molecule is C[C@H]1C[C@H](CN)N(C(=O)N2CCn3cc(C4=C(c5cnc6ccccn56)C(=O)NC4=O)c4cc(F)cc(c43)C2)C1. The number of nitrogens with one attached hydrogen (secondary N) is 1. The molecule has 3 aromatic heterocycles. The second kappa shape index (κ2) is 9.02. The number of hydrogen-bond donors (Lipinski definition) is 2. The molecular formula is C29H28FN7O3. The molecule has 4 amide bonds. The Labute approximate surface area is 228 Å². The van der Waals surface area contributed by atoms with Crippen LogP contribution in [0.2, 0.25) is 0 Å². The highest BCUT2D eigenvalue weighted by Gasteiger charge is 2.38. The average Bonchev–Trinajstić information content (AvgIpc) is 3.66.